The topological polar surface area (TPSA) is 29.9 Å². The summed E-state index contributed by atoms with van der Waals surface area (Å²) >= 11 is 0. The van der Waals surface area contributed by atoms with Crippen LogP contribution in [0, 0.1) is 5.92 Å². The summed E-state index contributed by atoms with van der Waals surface area (Å²) in [5.41, 5.74) is 2.70. The van der Waals surface area contributed by atoms with Crippen molar-refractivity contribution in [3.63, 3.8) is 0 Å². The summed E-state index contributed by atoms with van der Waals surface area (Å²) in [6.07, 6.45) is 10.7. The second-order valence-electron chi connectivity index (χ2n) is 7.40. The molecule has 0 atom stereocenters. The molecule has 1 aliphatic carbocycles. The van der Waals surface area contributed by atoms with Crippen LogP contribution in [-0.4, -0.2) is 16.3 Å². The summed E-state index contributed by atoms with van der Waals surface area (Å²) in [5.74, 6) is 0.965. The molecule has 1 aliphatic rings. The van der Waals surface area contributed by atoms with Gasteiger partial charge in [-0.2, -0.15) is 5.10 Å². The summed E-state index contributed by atoms with van der Waals surface area (Å²) in [6, 6.07) is 0. The number of rotatable bonds is 5. The highest BCUT2D eigenvalue weighted by molar-refractivity contribution is 5.23. The van der Waals surface area contributed by atoms with Crippen LogP contribution >= 0.6 is 0 Å². The van der Waals surface area contributed by atoms with Gasteiger partial charge in [0.1, 0.15) is 0 Å². The van der Waals surface area contributed by atoms with Crippen molar-refractivity contribution in [1.82, 2.24) is 15.1 Å². The lowest BCUT2D eigenvalue weighted by molar-refractivity contribution is 0.333. The number of hydrogen-bond acceptors (Lipinski definition) is 2. The van der Waals surface area contributed by atoms with Crippen molar-refractivity contribution in [2.45, 2.75) is 71.3 Å². The lowest BCUT2D eigenvalue weighted by atomic mass is 9.87. The molecular formula is C17H31N3. The second-order valence-corrected chi connectivity index (χ2v) is 7.40. The average Bonchev–Trinajstić information content (AvgIpc) is 2.77. The molecule has 1 aromatic heterocycles. The van der Waals surface area contributed by atoms with Crippen molar-refractivity contribution in [3.05, 3.63) is 17.5 Å². The Kier molecular flexibility index (Phi) is 5.25. The fourth-order valence-electron chi connectivity index (χ4n) is 3.30. The zero-order chi connectivity index (χ0) is 14.6. The summed E-state index contributed by atoms with van der Waals surface area (Å²) in [5, 5.41) is 8.25. The van der Waals surface area contributed by atoms with Gasteiger partial charge in [-0.05, 0) is 18.9 Å². The van der Waals surface area contributed by atoms with Crippen LogP contribution in [0.2, 0.25) is 0 Å². The molecule has 1 N–H and O–H groups in total. The van der Waals surface area contributed by atoms with Crippen LogP contribution in [0.3, 0.4) is 0 Å². The fourth-order valence-corrected chi connectivity index (χ4v) is 3.30. The molecule has 0 aromatic carbocycles. The maximum atomic E-state index is 4.63. The molecule has 0 spiro atoms. The lowest BCUT2D eigenvalue weighted by Crippen LogP contribution is -2.21. The van der Waals surface area contributed by atoms with E-state index in [-0.39, 0.29) is 5.41 Å². The molecule has 114 valence electrons. The molecule has 0 aliphatic heterocycles. The first kappa shape index (κ1) is 15.6. The molecule has 3 heteroatoms. The van der Waals surface area contributed by atoms with Gasteiger partial charge >= 0.3 is 0 Å². The Morgan fingerprint density at radius 3 is 2.60 bits per heavy atom. The van der Waals surface area contributed by atoms with Crippen LogP contribution in [0.25, 0.3) is 0 Å². The molecule has 0 bridgehead atoms. The van der Waals surface area contributed by atoms with Crippen LogP contribution in [0.1, 0.15) is 70.6 Å². The third-order valence-corrected chi connectivity index (χ3v) is 4.38. The van der Waals surface area contributed by atoms with Gasteiger partial charge in [0.15, 0.2) is 0 Å². The van der Waals surface area contributed by atoms with E-state index in [9.17, 15) is 0 Å². The largest absolute Gasteiger partial charge is 0.313 e. The van der Waals surface area contributed by atoms with Gasteiger partial charge in [0.05, 0.1) is 5.69 Å². The van der Waals surface area contributed by atoms with Crippen LogP contribution in [0.4, 0.5) is 0 Å². The minimum absolute atomic E-state index is 0.127. The summed E-state index contributed by atoms with van der Waals surface area (Å²) < 4.78 is 1.94. The molecule has 20 heavy (non-hydrogen) atoms. The Morgan fingerprint density at radius 2 is 1.95 bits per heavy atom. The molecule has 1 fully saturated rings. The lowest BCUT2D eigenvalue weighted by Gasteiger charge is -2.21. The maximum Gasteiger partial charge on any atom is 0.0722 e. The van der Waals surface area contributed by atoms with E-state index in [1.165, 1.54) is 49.8 Å². The van der Waals surface area contributed by atoms with E-state index in [0.717, 1.165) is 19.0 Å². The van der Waals surface area contributed by atoms with E-state index < -0.39 is 0 Å². The smallest absolute Gasteiger partial charge is 0.0722 e. The Morgan fingerprint density at radius 1 is 1.25 bits per heavy atom. The van der Waals surface area contributed by atoms with E-state index in [0.29, 0.717) is 0 Å². The van der Waals surface area contributed by atoms with Gasteiger partial charge < -0.3 is 5.32 Å². The third-order valence-electron chi connectivity index (χ3n) is 4.38. The summed E-state index contributed by atoms with van der Waals surface area (Å²) in [7, 11) is 2.01. The number of aromatic nitrogens is 2. The van der Waals surface area contributed by atoms with Gasteiger partial charge in [-0.15, -0.1) is 0 Å². The zero-order valence-electron chi connectivity index (χ0n) is 13.7. The highest BCUT2D eigenvalue weighted by Gasteiger charge is 2.21. The van der Waals surface area contributed by atoms with Crippen LogP contribution < -0.4 is 5.32 Å². The summed E-state index contributed by atoms with van der Waals surface area (Å²) in [4.78, 5) is 0. The highest BCUT2D eigenvalue weighted by atomic mass is 15.3. The predicted octanol–water partition coefficient (Wildman–Crippen LogP) is 3.78. The van der Waals surface area contributed by atoms with Crippen molar-refractivity contribution in [2.75, 3.05) is 6.54 Å². The fraction of sp³-hybridized carbons (Fsp3) is 0.824. The molecule has 2 rings (SSSR count). The SMILES string of the molecule is Cn1cc(CNCCC2CCCCC2)c(C(C)(C)C)n1. The number of nitrogens with zero attached hydrogens (tertiary/aromatic N) is 2. The average molecular weight is 277 g/mol. The molecule has 1 heterocycles. The van der Waals surface area contributed by atoms with Gasteiger partial charge in [-0.3, -0.25) is 4.68 Å². The Hall–Kier alpha value is -0.830. The van der Waals surface area contributed by atoms with Crippen molar-refractivity contribution in [1.29, 1.82) is 0 Å². The quantitative estimate of drug-likeness (QED) is 0.830. The molecule has 0 unspecified atom stereocenters. The summed E-state index contributed by atoms with van der Waals surface area (Å²) in [6.45, 7) is 8.80. The van der Waals surface area contributed by atoms with E-state index in [1.807, 2.05) is 11.7 Å². The van der Waals surface area contributed by atoms with E-state index in [4.69, 9.17) is 0 Å². The minimum atomic E-state index is 0.127. The van der Waals surface area contributed by atoms with Crippen LogP contribution in [-0.2, 0) is 19.0 Å². The predicted molar refractivity (Wildman–Crippen MR) is 84.8 cm³/mol. The van der Waals surface area contributed by atoms with E-state index in [2.05, 4.69) is 37.4 Å². The van der Waals surface area contributed by atoms with Crippen LogP contribution in [0.5, 0.6) is 0 Å². The molecule has 1 aromatic rings. The molecule has 3 nitrogen and oxygen atoms in total. The maximum absolute atomic E-state index is 4.63. The van der Waals surface area contributed by atoms with Crippen LogP contribution in [0.15, 0.2) is 6.20 Å². The zero-order valence-corrected chi connectivity index (χ0v) is 13.7. The normalized spacial score (nSPS) is 17.6. The Labute approximate surface area is 124 Å². The number of nitrogens with one attached hydrogen (secondary N) is 1. The standard InChI is InChI=1S/C17H31N3/c1-17(2,3)16-15(13-20(4)19-16)12-18-11-10-14-8-6-5-7-9-14/h13-14,18H,5-12H2,1-4H3. The molecule has 1 saturated carbocycles. The van der Waals surface area contributed by atoms with Crippen molar-refractivity contribution in [2.24, 2.45) is 13.0 Å². The Bertz CT molecular complexity index is 408. The molecule has 0 saturated heterocycles. The van der Waals surface area contributed by atoms with E-state index >= 15 is 0 Å². The number of aryl methyl sites for hydroxylation is 1. The first-order chi connectivity index (χ1) is 9.47. The molecule has 0 radical (unpaired) electrons. The van der Waals surface area contributed by atoms with Gasteiger partial charge in [-0.25, -0.2) is 0 Å². The molecular weight excluding hydrogens is 246 g/mol. The third kappa shape index (κ3) is 4.34. The van der Waals surface area contributed by atoms with Gasteiger partial charge in [0.25, 0.3) is 0 Å². The van der Waals surface area contributed by atoms with Gasteiger partial charge in [0.2, 0.25) is 0 Å². The van der Waals surface area contributed by atoms with Gasteiger partial charge in [0, 0.05) is 30.8 Å². The Balaban J connectivity index is 1.79. The van der Waals surface area contributed by atoms with Crippen molar-refractivity contribution < 1.29 is 0 Å². The van der Waals surface area contributed by atoms with Gasteiger partial charge in [-0.1, -0.05) is 52.9 Å². The monoisotopic (exact) mass is 277 g/mol. The molecule has 0 amide bonds. The first-order valence-electron chi connectivity index (χ1n) is 8.20. The second kappa shape index (κ2) is 6.75. The number of hydrogen-bond donors (Lipinski definition) is 1. The van der Waals surface area contributed by atoms with Crippen molar-refractivity contribution in [3.8, 4) is 0 Å². The van der Waals surface area contributed by atoms with E-state index in [1.54, 1.807) is 0 Å². The first-order valence-corrected chi connectivity index (χ1v) is 8.20. The van der Waals surface area contributed by atoms with Crippen molar-refractivity contribution >= 4 is 0 Å². The highest BCUT2D eigenvalue weighted by Crippen LogP contribution is 2.26. The minimum Gasteiger partial charge on any atom is -0.313 e.